The van der Waals surface area contributed by atoms with Crippen LogP contribution >= 0.6 is 0 Å². The first kappa shape index (κ1) is 17.6. The number of aromatic nitrogens is 3. The average Bonchev–Trinajstić information content (AvgIpc) is 2.93. The molecule has 7 nitrogen and oxygen atoms in total. The number of fused-ring (bicyclic) bond motifs is 3. The lowest BCUT2D eigenvalue weighted by Crippen LogP contribution is -2.50. The fraction of sp³-hybridized carbons (Fsp3) is 0.450. The number of anilines is 1. The van der Waals surface area contributed by atoms with Crippen LogP contribution in [-0.4, -0.2) is 57.3 Å². The second kappa shape index (κ2) is 6.40. The Balaban J connectivity index is 1.53. The highest BCUT2D eigenvalue weighted by Crippen LogP contribution is 2.28. The van der Waals surface area contributed by atoms with Crippen LogP contribution in [0.3, 0.4) is 0 Å². The van der Waals surface area contributed by atoms with E-state index < -0.39 is 5.60 Å². The second-order valence-electron chi connectivity index (χ2n) is 7.95. The van der Waals surface area contributed by atoms with E-state index >= 15 is 0 Å². The molecule has 0 atom stereocenters. The van der Waals surface area contributed by atoms with Gasteiger partial charge in [-0.25, -0.2) is 9.78 Å². The van der Waals surface area contributed by atoms with Crippen molar-refractivity contribution in [2.45, 2.75) is 26.4 Å². The van der Waals surface area contributed by atoms with E-state index in [-0.39, 0.29) is 6.09 Å². The predicted octanol–water partition coefficient (Wildman–Crippen LogP) is 3.18. The van der Waals surface area contributed by atoms with Crippen molar-refractivity contribution >= 4 is 33.8 Å². The highest BCUT2D eigenvalue weighted by Gasteiger charge is 2.26. The third-order valence-corrected chi connectivity index (χ3v) is 4.88. The predicted molar refractivity (Wildman–Crippen MR) is 106 cm³/mol. The Labute approximate surface area is 158 Å². The van der Waals surface area contributed by atoms with Gasteiger partial charge in [0.05, 0.1) is 5.52 Å². The zero-order chi connectivity index (χ0) is 19.2. The zero-order valence-electron chi connectivity index (χ0n) is 16.3. The highest BCUT2D eigenvalue weighted by atomic mass is 16.6. The molecule has 0 aliphatic carbocycles. The minimum atomic E-state index is -0.468. The van der Waals surface area contributed by atoms with Crippen molar-refractivity contribution in [2.24, 2.45) is 7.05 Å². The number of rotatable bonds is 1. The van der Waals surface area contributed by atoms with Crippen LogP contribution in [0.15, 0.2) is 30.6 Å². The quantitative estimate of drug-likeness (QED) is 0.661. The van der Waals surface area contributed by atoms with Gasteiger partial charge >= 0.3 is 6.09 Å². The van der Waals surface area contributed by atoms with Gasteiger partial charge in [0.1, 0.15) is 17.1 Å². The van der Waals surface area contributed by atoms with Crippen LogP contribution in [0.25, 0.3) is 21.9 Å². The summed E-state index contributed by atoms with van der Waals surface area (Å²) in [4.78, 5) is 25.4. The molecule has 3 aromatic rings. The summed E-state index contributed by atoms with van der Waals surface area (Å²) in [6.07, 6.45) is 3.45. The Hall–Kier alpha value is -2.83. The van der Waals surface area contributed by atoms with Gasteiger partial charge in [-0.2, -0.15) is 0 Å². The van der Waals surface area contributed by atoms with Gasteiger partial charge in [-0.05, 0) is 39.0 Å². The van der Waals surface area contributed by atoms with Crippen molar-refractivity contribution in [3.8, 4) is 0 Å². The van der Waals surface area contributed by atoms with E-state index in [1.54, 1.807) is 11.1 Å². The summed E-state index contributed by atoms with van der Waals surface area (Å²) in [6.45, 7) is 8.41. The summed E-state index contributed by atoms with van der Waals surface area (Å²) in [7, 11) is 2.03. The molecular weight excluding hydrogens is 342 g/mol. The van der Waals surface area contributed by atoms with E-state index in [0.29, 0.717) is 13.1 Å². The largest absolute Gasteiger partial charge is 0.444 e. The number of carbonyl (C=O) groups excluding carboxylic acids is 1. The molecule has 0 bridgehead atoms. The lowest BCUT2D eigenvalue weighted by molar-refractivity contribution is 0.0240. The monoisotopic (exact) mass is 367 g/mol. The molecule has 0 spiro atoms. The molecule has 142 valence electrons. The van der Waals surface area contributed by atoms with Crippen LogP contribution in [0.4, 0.5) is 10.6 Å². The number of nitrogens with zero attached hydrogens (tertiary/aromatic N) is 5. The molecule has 0 saturated carbocycles. The van der Waals surface area contributed by atoms with E-state index in [1.807, 2.05) is 40.1 Å². The van der Waals surface area contributed by atoms with Gasteiger partial charge in [0.2, 0.25) is 0 Å². The van der Waals surface area contributed by atoms with Crippen LogP contribution in [0.1, 0.15) is 20.8 Å². The smallest absolute Gasteiger partial charge is 0.410 e. The highest BCUT2D eigenvalue weighted by molar-refractivity contribution is 6.06. The molecule has 7 heteroatoms. The Bertz CT molecular complexity index is 997. The zero-order valence-corrected chi connectivity index (χ0v) is 16.3. The van der Waals surface area contributed by atoms with Gasteiger partial charge < -0.3 is 19.1 Å². The molecule has 1 aliphatic heterocycles. The first-order chi connectivity index (χ1) is 12.8. The molecule has 27 heavy (non-hydrogen) atoms. The molecule has 4 heterocycles. The number of hydrogen-bond acceptors (Lipinski definition) is 5. The fourth-order valence-electron chi connectivity index (χ4n) is 3.53. The maximum absolute atomic E-state index is 12.2. The summed E-state index contributed by atoms with van der Waals surface area (Å²) in [6, 6.07) is 6.18. The average molecular weight is 367 g/mol. The first-order valence-corrected chi connectivity index (χ1v) is 9.25. The van der Waals surface area contributed by atoms with E-state index in [0.717, 1.165) is 40.8 Å². The minimum absolute atomic E-state index is 0.244. The molecule has 0 unspecified atom stereocenters. The van der Waals surface area contributed by atoms with Gasteiger partial charge in [0.25, 0.3) is 0 Å². The number of pyridine rings is 2. The molecular formula is C20H25N5O2. The van der Waals surface area contributed by atoms with E-state index in [1.165, 1.54) is 0 Å². The van der Waals surface area contributed by atoms with E-state index in [2.05, 4.69) is 26.6 Å². The Kier molecular flexibility index (Phi) is 4.17. The molecule has 0 radical (unpaired) electrons. The van der Waals surface area contributed by atoms with Crippen LogP contribution in [0.2, 0.25) is 0 Å². The third kappa shape index (κ3) is 3.29. The van der Waals surface area contributed by atoms with Crippen molar-refractivity contribution in [3.63, 3.8) is 0 Å². The summed E-state index contributed by atoms with van der Waals surface area (Å²) < 4.78 is 7.57. The summed E-state index contributed by atoms with van der Waals surface area (Å²) >= 11 is 0. The van der Waals surface area contributed by atoms with Gasteiger partial charge in [-0.3, -0.25) is 4.98 Å². The number of ether oxygens (including phenoxy) is 1. The molecule has 0 N–H and O–H groups in total. The summed E-state index contributed by atoms with van der Waals surface area (Å²) in [5.41, 5.74) is 1.61. The number of carbonyl (C=O) groups is 1. The summed E-state index contributed by atoms with van der Waals surface area (Å²) in [5.74, 6) is 0.935. The number of aryl methyl sites for hydroxylation is 1. The van der Waals surface area contributed by atoms with Crippen molar-refractivity contribution < 1.29 is 9.53 Å². The fourth-order valence-corrected chi connectivity index (χ4v) is 3.53. The van der Waals surface area contributed by atoms with Crippen molar-refractivity contribution in [3.05, 3.63) is 30.6 Å². The molecule has 4 rings (SSSR count). The molecule has 0 aromatic carbocycles. The van der Waals surface area contributed by atoms with Crippen molar-refractivity contribution in [1.82, 2.24) is 19.4 Å². The number of piperazine rings is 1. The lowest BCUT2D eigenvalue weighted by Gasteiger charge is -2.36. The van der Waals surface area contributed by atoms with Crippen LogP contribution in [0.5, 0.6) is 0 Å². The van der Waals surface area contributed by atoms with Crippen LogP contribution in [-0.2, 0) is 11.8 Å². The van der Waals surface area contributed by atoms with Gasteiger partial charge in [0.15, 0.2) is 0 Å². The van der Waals surface area contributed by atoms with Crippen molar-refractivity contribution in [1.29, 1.82) is 0 Å². The third-order valence-electron chi connectivity index (χ3n) is 4.88. The normalized spacial score (nSPS) is 15.6. The maximum atomic E-state index is 12.2. The summed E-state index contributed by atoms with van der Waals surface area (Å²) in [5, 5.41) is 2.22. The SMILES string of the molecule is Cn1c2ccncc2c2ccc(N3CCN(C(=O)OC(C)(C)C)CC3)nc21. The van der Waals surface area contributed by atoms with Gasteiger partial charge in [-0.1, -0.05) is 0 Å². The Morgan fingerprint density at radius 1 is 1.07 bits per heavy atom. The Morgan fingerprint density at radius 3 is 2.52 bits per heavy atom. The number of amides is 1. The molecule has 1 fully saturated rings. The lowest BCUT2D eigenvalue weighted by atomic mass is 10.2. The standard InChI is InChI=1S/C20H25N5O2/c1-20(2,3)27-19(26)25-11-9-24(10-12-25)17-6-5-14-15-13-21-8-7-16(15)23(4)18(14)22-17/h5-8,13H,9-12H2,1-4H3. The van der Waals surface area contributed by atoms with Gasteiger partial charge in [-0.15, -0.1) is 0 Å². The topological polar surface area (TPSA) is 63.5 Å². The van der Waals surface area contributed by atoms with Crippen LogP contribution in [0, 0.1) is 0 Å². The minimum Gasteiger partial charge on any atom is -0.444 e. The van der Waals surface area contributed by atoms with Gasteiger partial charge in [0, 0.05) is 56.4 Å². The van der Waals surface area contributed by atoms with E-state index in [9.17, 15) is 4.79 Å². The molecule has 1 aliphatic rings. The molecule has 1 saturated heterocycles. The molecule has 3 aromatic heterocycles. The second-order valence-corrected chi connectivity index (χ2v) is 7.95. The van der Waals surface area contributed by atoms with Crippen molar-refractivity contribution in [2.75, 3.05) is 31.1 Å². The van der Waals surface area contributed by atoms with E-state index in [4.69, 9.17) is 9.72 Å². The Morgan fingerprint density at radius 2 is 1.81 bits per heavy atom. The first-order valence-electron chi connectivity index (χ1n) is 9.25. The number of hydrogen-bond donors (Lipinski definition) is 0. The molecule has 1 amide bonds. The maximum Gasteiger partial charge on any atom is 0.410 e. The van der Waals surface area contributed by atoms with Crippen LogP contribution < -0.4 is 4.90 Å².